The molecule has 0 saturated carbocycles. The number of hydrogen-bond donors (Lipinski definition) is 0. The van der Waals surface area contributed by atoms with Crippen LogP contribution in [0.15, 0.2) is 36.4 Å². The summed E-state index contributed by atoms with van der Waals surface area (Å²) in [6.45, 7) is 2.34. The number of nitriles is 1. The van der Waals surface area contributed by atoms with E-state index < -0.39 is 0 Å². The van der Waals surface area contributed by atoms with Gasteiger partial charge in [-0.3, -0.25) is 0 Å². The van der Waals surface area contributed by atoms with Crippen molar-refractivity contribution in [1.29, 1.82) is 5.26 Å². The van der Waals surface area contributed by atoms with Crippen LogP contribution in [0.2, 0.25) is 5.02 Å². The zero-order valence-corrected chi connectivity index (χ0v) is 13.7. The van der Waals surface area contributed by atoms with E-state index in [9.17, 15) is 5.26 Å². The van der Waals surface area contributed by atoms with Gasteiger partial charge in [-0.2, -0.15) is 0 Å². The van der Waals surface area contributed by atoms with Gasteiger partial charge in [0.2, 0.25) is 0 Å². The average molecular weight is 334 g/mol. The molecule has 0 bridgehead atoms. The first-order valence-corrected chi connectivity index (χ1v) is 7.37. The zero-order valence-electron chi connectivity index (χ0n) is 10.5. The van der Waals surface area contributed by atoms with Crippen LogP contribution in [0, 0.1) is 18.3 Å². The Hall–Kier alpha value is -1.42. The van der Waals surface area contributed by atoms with E-state index >= 15 is 0 Å². The quantitative estimate of drug-likeness (QED) is 0.808. The molecule has 0 aromatic heterocycles. The van der Waals surface area contributed by atoms with Crippen molar-refractivity contribution in [1.82, 2.24) is 0 Å². The van der Waals surface area contributed by atoms with Gasteiger partial charge in [0, 0.05) is 0 Å². The monoisotopic (exact) mass is 333 g/mol. The van der Waals surface area contributed by atoms with Crippen molar-refractivity contribution in [2.45, 2.75) is 13.5 Å². The number of hydrogen-bond acceptors (Lipinski definition) is 2. The molecule has 0 spiro atoms. The first kappa shape index (κ1) is 14.0. The summed E-state index contributed by atoms with van der Waals surface area (Å²) >= 11 is 7.35. The fourth-order valence-corrected chi connectivity index (χ4v) is 2.79. The van der Waals surface area contributed by atoms with Crippen LogP contribution in [0.5, 0.6) is 5.75 Å². The van der Waals surface area contributed by atoms with E-state index in [0.717, 1.165) is 21.2 Å². The van der Waals surface area contributed by atoms with Crippen molar-refractivity contribution in [3.05, 3.63) is 58.1 Å². The fourth-order valence-electron chi connectivity index (χ4n) is 1.81. The van der Waals surface area contributed by atoms with Gasteiger partial charge in [-0.15, -0.1) is 0 Å². The van der Waals surface area contributed by atoms with Gasteiger partial charge in [0.15, 0.2) is 0 Å². The molecule has 2 aromatic rings. The molecule has 96 valence electrons. The number of rotatable bonds is 3. The van der Waals surface area contributed by atoms with E-state index in [2.05, 4.69) is 6.07 Å². The van der Waals surface area contributed by atoms with E-state index in [1.807, 2.05) is 37.3 Å². The second kappa shape index (κ2) is 6.15. The zero-order chi connectivity index (χ0) is 13.8. The van der Waals surface area contributed by atoms with Crippen LogP contribution in [0.25, 0.3) is 0 Å². The maximum atomic E-state index is 9.17. The van der Waals surface area contributed by atoms with Crippen LogP contribution >= 0.6 is 11.6 Å². The summed E-state index contributed by atoms with van der Waals surface area (Å²) in [5.41, 5.74) is 2.62. The third kappa shape index (κ3) is 3.32. The molecule has 0 N–H and O–H groups in total. The minimum absolute atomic E-state index is 0.392. The summed E-state index contributed by atoms with van der Waals surface area (Å²) in [5, 5.41) is 9.87. The Morgan fingerprint density at radius 1 is 1.32 bits per heavy atom. The third-order valence-corrected chi connectivity index (χ3v) is 4.06. The Kier molecular flexibility index (Phi) is 4.53. The molecule has 0 heterocycles. The number of aryl methyl sites for hydroxylation is 1. The van der Waals surface area contributed by atoms with Crippen LogP contribution < -0.4 is 9.09 Å². The number of halogens is 1. The molecule has 0 aliphatic rings. The van der Waals surface area contributed by atoms with E-state index in [4.69, 9.17) is 16.3 Å². The Morgan fingerprint density at radius 3 is 2.79 bits per heavy atom. The van der Waals surface area contributed by atoms with Crippen LogP contribution in [0.3, 0.4) is 0 Å². The van der Waals surface area contributed by atoms with Crippen molar-refractivity contribution in [2.75, 3.05) is 0 Å². The Labute approximate surface area is 126 Å². The molecule has 2 rings (SSSR count). The minimum atomic E-state index is 0.392. The van der Waals surface area contributed by atoms with E-state index in [1.165, 1.54) is 16.9 Å². The summed E-state index contributed by atoms with van der Waals surface area (Å²) in [6.07, 6.45) is 0. The molecule has 19 heavy (non-hydrogen) atoms. The maximum absolute atomic E-state index is 9.17. The molecular formula is C15H13AsClNO. The third-order valence-electron chi connectivity index (χ3n) is 2.81. The van der Waals surface area contributed by atoms with Gasteiger partial charge in [-0.1, -0.05) is 0 Å². The van der Waals surface area contributed by atoms with E-state index in [-0.39, 0.29) is 0 Å². The van der Waals surface area contributed by atoms with Crippen molar-refractivity contribution in [3.8, 4) is 11.8 Å². The fraction of sp³-hybridized carbons (Fsp3) is 0.133. The summed E-state index contributed by atoms with van der Waals surface area (Å²) in [5.74, 6) is 0.792. The van der Waals surface area contributed by atoms with Gasteiger partial charge >= 0.3 is 126 Å². The molecule has 0 radical (unpaired) electrons. The second-order valence-electron chi connectivity index (χ2n) is 4.19. The van der Waals surface area contributed by atoms with E-state index in [1.54, 1.807) is 6.07 Å². The molecule has 1 atom stereocenters. The number of nitrogens with zero attached hydrogens (tertiary/aromatic N) is 1. The van der Waals surface area contributed by atoms with Crippen molar-refractivity contribution >= 4 is 32.8 Å². The summed E-state index contributed by atoms with van der Waals surface area (Å²) in [7, 11) is 0. The standard InChI is InChI=1S/C15H13AsClNO/c1-10-7-12(17)5-6-15(10)19-9-11-3-2-4-14(16)13(11)8-18/h2-7H,9,16H2,1H3. The number of benzene rings is 2. The number of ether oxygens (including phenoxy) is 1. The van der Waals surface area contributed by atoms with Gasteiger partial charge < -0.3 is 0 Å². The van der Waals surface area contributed by atoms with Crippen LogP contribution in [0.1, 0.15) is 16.7 Å². The summed E-state index contributed by atoms with van der Waals surface area (Å²) in [6, 6.07) is 13.6. The topological polar surface area (TPSA) is 33.0 Å². The van der Waals surface area contributed by atoms with Gasteiger partial charge in [0.25, 0.3) is 0 Å². The molecule has 0 fully saturated rings. The summed E-state index contributed by atoms with van der Waals surface area (Å²) < 4.78 is 6.80. The first-order chi connectivity index (χ1) is 9.11. The second-order valence-corrected chi connectivity index (χ2v) is 5.93. The summed E-state index contributed by atoms with van der Waals surface area (Å²) in [4.78, 5) is 0. The van der Waals surface area contributed by atoms with Gasteiger partial charge in [-0.25, -0.2) is 0 Å². The van der Waals surface area contributed by atoms with Gasteiger partial charge in [-0.05, 0) is 0 Å². The van der Waals surface area contributed by atoms with Crippen LogP contribution in [0.4, 0.5) is 0 Å². The molecule has 2 nitrogen and oxygen atoms in total. The molecule has 0 aliphatic heterocycles. The molecular weight excluding hydrogens is 321 g/mol. The molecule has 0 amide bonds. The van der Waals surface area contributed by atoms with Gasteiger partial charge in [0.05, 0.1) is 0 Å². The average Bonchev–Trinajstić information content (AvgIpc) is 2.38. The Morgan fingerprint density at radius 2 is 2.11 bits per heavy atom. The molecule has 1 unspecified atom stereocenters. The molecule has 0 saturated heterocycles. The van der Waals surface area contributed by atoms with Crippen molar-refractivity contribution < 1.29 is 4.74 Å². The van der Waals surface area contributed by atoms with Crippen molar-refractivity contribution in [2.24, 2.45) is 0 Å². The van der Waals surface area contributed by atoms with Gasteiger partial charge in [0.1, 0.15) is 0 Å². The molecule has 0 aliphatic carbocycles. The van der Waals surface area contributed by atoms with Crippen molar-refractivity contribution in [3.63, 3.8) is 0 Å². The Balaban J connectivity index is 2.20. The first-order valence-electron chi connectivity index (χ1n) is 5.78. The molecule has 4 heteroatoms. The van der Waals surface area contributed by atoms with E-state index in [0.29, 0.717) is 17.2 Å². The van der Waals surface area contributed by atoms with Crippen LogP contribution in [-0.4, -0.2) is 16.9 Å². The normalized spacial score (nSPS) is 10.0. The SMILES string of the molecule is Cc1cc(Cl)ccc1OCc1cccc([AsH2])c1C#N. The van der Waals surface area contributed by atoms with Crippen LogP contribution in [-0.2, 0) is 6.61 Å². The molecule has 2 aromatic carbocycles. The predicted molar refractivity (Wildman–Crippen MR) is 79.9 cm³/mol. The Bertz CT molecular complexity index is 649. The predicted octanol–water partition coefficient (Wildman–Crippen LogP) is 2.36.